The van der Waals surface area contributed by atoms with E-state index in [4.69, 9.17) is 10.5 Å². The molecule has 1 aromatic rings. The van der Waals surface area contributed by atoms with Crippen molar-refractivity contribution in [2.75, 3.05) is 27.0 Å². The summed E-state index contributed by atoms with van der Waals surface area (Å²) < 4.78 is 5.22. The van der Waals surface area contributed by atoms with E-state index in [1.807, 2.05) is 25.3 Å². The molecule has 3 N–H and O–H groups in total. The molecule has 1 aromatic carbocycles. The molecule has 1 aliphatic heterocycles. The summed E-state index contributed by atoms with van der Waals surface area (Å²) in [6, 6.07) is 8.11. The number of fused-ring (bicyclic) bond motifs is 1. The minimum Gasteiger partial charge on any atom is -0.497 e. The van der Waals surface area contributed by atoms with Gasteiger partial charge in [-0.15, -0.1) is 11.8 Å². The molecule has 0 aromatic heterocycles. The summed E-state index contributed by atoms with van der Waals surface area (Å²) in [6.45, 7) is 6.88. The Labute approximate surface area is 177 Å². The maximum atomic E-state index is 13.0. The van der Waals surface area contributed by atoms with E-state index in [0.29, 0.717) is 12.4 Å². The molecule has 0 saturated carbocycles. The van der Waals surface area contributed by atoms with Gasteiger partial charge in [0.15, 0.2) is 0 Å². The van der Waals surface area contributed by atoms with Crippen molar-refractivity contribution in [3.63, 3.8) is 0 Å². The maximum absolute atomic E-state index is 13.0. The van der Waals surface area contributed by atoms with Crippen molar-refractivity contribution in [2.24, 2.45) is 16.6 Å². The number of amidine groups is 1. The number of hydrogen-bond donors (Lipinski definition) is 2. The van der Waals surface area contributed by atoms with E-state index in [2.05, 4.69) is 29.0 Å². The van der Waals surface area contributed by atoms with Crippen LogP contribution in [0.4, 0.5) is 0 Å². The third-order valence-corrected chi connectivity index (χ3v) is 6.19. The fourth-order valence-corrected chi connectivity index (χ4v) is 4.20. The zero-order chi connectivity index (χ0) is 21.1. The van der Waals surface area contributed by atoms with Crippen LogP contribution >= 0.6 is 11.8 Å². The van der Waals surface area contributed by atoms with Crippen LogP contribution in [0.3, 0.4) is 0 Å². The highest BCUT2D eigenvalue weighted by atomic mass is 32.2. The lowest BCUT2D eigenvalue weighted by atomic mass is 10.0. The van der Waals surface area contributed by atoms with Crippen LogP contribution in [0.2, 0.25) is 0 Å². The normalized spacial score (nSPS) is 23.0. The molecular weight excluding hydrogens is 384 g/mol. The van der Waals surface area contributed by atoms with Crippen molar-refractivity contribution >= 4 is 23.5 Å². The second-order valence-electron chi connectivity index (χ2n) is 7.46. The predicted molar refractivity (Wildman–Crippen MR) is 120 cm³/mol. The molecule has 0 spiro atoms. The third kappa shape index (κ3) is 4.67. The summed E-state index contributed by atoms with van der Waals surface area (Å²) in [5, 5.41) is 3.50. The number of nitrogens with zero attached hydrogens (tertiary/aromatic N) is 2. The summed E-state index contributed by atoms with van der Waals surface area (Å²) in [5.41, 5.74) is 10.7. The highest BCUT2D eigenvalue weighted by Crippen LogP contribution is 2.44. The fraction of sp³-hybridized carbons (Fsp3) is 0.455. The molecule has 3 rings (SSSR count). The molecule has 156 valence electrons. The van der Waals surface area contributed by atoms with E-state index >= 15 is 0 Å². The van der Waals surface area contributed by atoms with Gasteiger partial charge in [-0.3, -0.25) is 10.1 Å². The number of hydrogen-bond acceptors (Lipinski definition) is 6. The first-order valence-electron chi connectivity index (χ1n) is 9.78. The lowest BCUT2D eigenvalue weighted by Gasteiger charge is -2.20. The number of aliphatic imine (C=N–C) groups is 1. The largest absolute Gasteiger partial charge is 0.497 e. The Kier molecular flexibility index (Phi) is 6.70. The molecule has 1 amide bonds. The minimum absolute atomic E-state index is 0.00747. The van der Waals surface area contributed by atoms with Crippen LogP contribution in [0.25, 0.3) is 0 Å². The quantitative estimate of drug-likeness (QED) is 0.639. The van der Waals surface area contributed by atoms with Gasteiger partial charge in [-0.25, -0.2) is 4.99 Å². The second-order valence-corrected chi connectivity index (χ2v) is 8.38. The van der Waals surface area contributed by atoms with Crippen LogP contribution in [-0.4, -0.2) is 55.1 Å². The van der Waals surface area contributed by atoms with Crippen LogP contribution in [-0.2, 0) is 11.2 Å². The standard InChI is InChI=1S/C22H30N4O2S/c1-6-26(3)21(27)18-17-16(19(17)24-22(29-5)25-20(18)23)12-13(2)11-14-7-9-15(28-4)10-8-14/h7-10,18-19,22,24H,2,6,11-12H2,1,3-5H3,(H2,23,25). The molecule has 6 nitrogen and oxygen atoms in total. The highest BCUT2D eigenvalue weighted by Gasteiger charge is 2.48. The van der Waals surface area contributed by atoms with Gasteiger partial charge in [0.25, 0.3) is 0 Å². The van der Waals surface area contributed by atoms with E-state index in [1.54, 1.807) is 30.8 Å². The number of thioether (sulfide) groups is 1. The van der Waals surface area contributed by atoms with Crippen molar-refractivity contribution < 1.29 is 9.53 Å². The summed E-state index contributed by atoms with van der Waals surface area (Å²) in [5.74, 6) is 0.777. The number of nitrogens with one attached hydrogen (secondary N) is 1. The summed E-state index contributed by atoms with van der Waals surface area (Å²) in [6.07, 6.45) is 3.53. The van der Waals surface area contributed by atoms with Crippen LogP contribution in [0.5, 0.6) is 5.75 Å². The van der Waals surface area contributed by atoms with Crippen molar-refractivity contribution in [2.45, 2.75) is 31.3 Å². The zero-order valence-electron chi connectivity index (χ0n) is 17.6. The van der Waals surface area contributed by atoms with Gasteiger partial charge in [0.05, 0.1) is 13.2 Å². The predicted octanol–water partition coefficient (Wildman–Crippen LogP) is 2.56. The van der Waals surface area contributed by atoms with E-state index < -0.39 is 5.92 Å². The Hall–Kier alpha value is -2.25. The van der Waals surface area contributed by atoms with Gasteiger partial charge in [-0.1, -0.05) is 24.3 Å². The van der Waals surface area contributed by atoms with E-state index in [1.165, 1.54) is 11.1 Å². The molecule has 0 bridgehead atoms. The average molecular weight is 415 g/mol. The van der Waals surface area contributed by atoms with Gasteiger partial charge in [0.1, 0.15) is 23.0 Å². The van der Waals surface area contributed by atoms with E-state index in [9.17, 15) is 4.79 Å². The van der Waals surface area contributed by atoms with Crippen molar-refractivity contribution in [3.8, 4) is 5.75 Å². The van der Waals surface area contributed by atoms with Crippen LogP contribution in [0.1, 0.15) is 18.9 Å². The summed E-state index contributed by atoms with van der Waals surface area (Å²) >= 11 is 1.58. The average Bonchev–Trinajstić information content (AvgIpc) is 3.40. The number of methoxy groups -OCH3 is 1. The molecule has 3 unspecified atom stereocenters. The number of allylic oxidation sites excluding steroid dienone is 1. The Balaban J connectivity index is 1.77. The first-order valence-corrected chi connectivity index (χ1v) is 11.1. The highest BCUT2D eigenvalue weighted by molar-refractivity contribution is 7.99. The van der Waals surface area contributed by atoms with Gasteiger partial charge in [0, 0.05) is 13.6 Å². The number of benzene rings is 1. The van der Waals surface area contributed by atoms with Gasteiger partial charge in [0.2, 0.25) is 5.91 Å². The van der Waals surface area contributed by atoms with Crippen molar-refractivity contribution in [1.82, 2.24) is 10.2 Å². The topological polar surface area (TPSA) is 79.9 Å². The van der Waals surface area contributed by atoms with Crippen LogP contribution < -0.4 is 15.8 Å². The Morgan fingerprint density at radius 1 is 1.34 bits per heavy atom. The molecule has 1 aliphatic carbocycles. The van der Waals surface area contributed by atoms with Gasteiger partial charge >= 0.3 is 0 Å². The number of nitrogens with two attached hydrogens (primary N) is 1. The molecule has 0 saturated heterocycles. The molecule has 0 fully saturated rings. The maximum Gasteiger partial charge on any atom is 0.237 e. The van der Waals surface area contributed by atoms with Crippen molar-refractivity contribution in [1.29, 1.82) is 0 Å². The first kappa shape index (κ1) is 21.5. The molecule has 3 atom stereocenters. The van der Waals surface area contributed by atoms with Crippen molar-refractivity contribution in [3.05, 3.63) is 53.1 Å². The van der Waals surface area contributed by atoms with Gasteiger partial charge in [-0.2, -0.15) is 0 Å². The van der Waals surface area contributed by atoms with Crippen LogP contribution in [0, 0.1) is 5.92 Å². The lowest BCUT2D eigenvalue weighted by Crippen LogP contribution is -2.40. The molecule has 29 heavy (non-hydrogen) atoms. The number of carbonyl (C=O) groups excluding carboxylic acids is 1. The first-order chi connectivity index (χ1) is 13.9. The summed E-state index contributed by atoms with van der Waals surface area (Å²) in [4.78, 5) is 19.2. The monoisotopic (exact) mass is 414 g/mol. The Morgan fingerprint density at radius 3 is 2.62 bits per heavy atom. The number of amides is 1. The second kappa shape index (κ2) is 9.05. The van der Waals surface area contributed by atoms with E-state index in [-0.39, 0.29) is 17.4 Å². The Morgan fingerprint density at radius 2 is 2.03 bits per heavy atom. The molecule has 0 radical (unpaired) electrons. The fourth-order valence-electron chi connectivity index (χ4n) is 3.70. The van der Waals surface area contributed by atoms with Crippen LogP contribution in [0.15, 0.2) is 52.6 Å². The van der Waals surface area contributed by atoms with Gasteiger partial charge in [-0.05, 0) is 54.9 Å². The molecule has 1 heterocycles. The lowest BCUT2D eigenvalue weighted by molar-refractivity contribution is -0.130. The third-order valence-electron chi connectivity index (χ3n) is 5.50. The smallest absolute Gasteiger partial charge is 0.237 e. The van der Waals surface area contributed by atoms with E-state index in [0.717, 1.165) is 29.7 Å². The number of rotatable bonds is 8. The number of carbonyl (C=O) groups is 1. The molecule has 7 heteroatoms. The zero-order valence-corrected chi connectivity index (χ0v) is 18.4. The Bertz CT molecular complexity index is 847. The number of ether oxygens (including phenoxy) is 1. The SMILES string of the molecule is C=C(CC1=C2C1NC(SC)N=C(N)C2C(=O)N(C)CC)Cc1ccc(OC)cc1. The molecule has 2 aliphatic rings. The summed E-state index contributed by atoms with van der Waals surface area (Å²) in [7, 11) is 3.47. The van der Waals surface area contributed by atoms with Gasteiger partial charge < -0.3 is 15.4 Å². The molecular formula is C22H30N4O2S. The minimum atomic E-state index is -0.474.